The van der Waals surface area contributed by atoms with Crippen molar-refractivity contribution in [1.82, 2.24) is 14.8 Å². The summed E-state index contributed by atoms with van der Waals surface area (Å²) < 4.78 is 14.6. The second kappa shape index (κ2) is 5.67. The van der Waals surface area contributed by atoms with E-state index in [9.17, 15) is 4.39 Å². The van der Waals surface area contributed by atoms with Gasteiger partial charge >= 0.3 is 0 Å². The Hall–Kier alpha value is -1.46. The van der Waals surface area contributed by atoms with Crippen LogP contribution in [-0.2, 0) is 19.9 Å². The molecule has 2 heterocycles. The Morgan fingerprint density at radius 3 is 2.74 bits per heavy atom. The standard InChI is InChI=1S/C13H16ClFN4/c1-3-10-13(14)12(19(2)18-10)6-9(16)11-5-4-8(15)7-17-11/h4-5,7,9H,3,6,16H2,1-2H3. The maximum Gasteiger partial charge on any atom is 0.141 e. The number of hydrogen-bond donors (Lipinski definition) is 1. The fraction of sp³-hybridized carbons (Fsp3) is 0.385. The van der Waals surface area contributed by atoms with Crippen LogP contribution in [0, 0.1) is 5.82 Å². The number of aryl methyl sites for hydroxylation is 2. The monoisotopic (exact) mass is 282 g/mol. The molecule has 19 heavy (non-hydrogen) atoms. The average Bonchev–Trinajstić information content (AvgIpc) is 2.67. The van der Waals surface area contributed by atoms with Crippen molar-refractivity contribution in [3.63, 3.8) is 0 Å². The molecule has 6 heteroatoms. The van der Waals surface area contributed by atoms with Crippen LogP contribution in [0.15, 0.2) is 18.3 Å². The SMILES string of the molecule is CCc1nn(C)c(CC(N)c2ccc(F)cn2)c1Cl. The largest absolute Gasteiger partial charge is 0.322 e. The molecule has 0 aliphatic carbocycles. The van der Waals surface area contributed by atoms with Gasteiger partial charge < -0.3 is 5.73 Å². The third-order valence-electron chi connectivity index (χ3n) is 3.05. The highest BCUT2D eigenvalue weighted by molar-refractivity contribution is 6.31. The first-order chi connectivity index (χ1) is 9.02. The Balaban J connectivity index is 2.21. The van der Waals surface area contributed by atoms with Crippen LogP contribution in [0.5, 0.6) is 0 Å². The molecule has 0 fully saturated rings. The fourth-order valence-electron chi connectivity index (χ4n) is 1.96. The van der Waals surface area contributed by atoms with Gasteiger partial charge in [-0.2, -0.15) is 5.10 Å². The summed E-state index contributed by atoms with van der Waals surface area (Å²) in [6.45, 7) is 2.00. The number of halogens is 2. The van der Waals surface area contributed by atoms with Crippen molar-refractivity contribution in [2.75, 3.05) is 0 Å². The molecule has 0 aliphatic heterocycles. The first kappa shape index (κ1) is 14.0. The summed E-state index contributed by atoms with van der Waals surface area (Å²) >= 11 is 6.27. The van der Waals surface area contributed by atoms with E-state index in [2.05, 4.69) is 10.1 Å². The van der Waals surface area contributed by atoms with Crippen LogP contribution in [0.2, 0.25) is 5.02 Å². The van der Waals surface area contributed by atoms with Gasteiger partial charge in [-0.05, 0) is 18.6 Å². The molecular weight excluding hydrogens is 267 g/mol. The highest BCUT2D eigenvalue weighted by atomic mass is 35.5. The van der Waals surface area contributed by atoms with E-state index in [-0.39, 0.29) is 11.9 Å². The molecule has 0 bridgehead atoms. The summed E-state index contributed by atoms with van der Waals surface area (Å²) in [5, 5.41) is 4.99. The van der Waals surface area contributed by atoms with E-state index in [1.165, 1.54) is 6.07 Å². The molecule has 0 aliphatic rings. The summed E-state index contributed by atoms with van der Waals surface area (Å²) in [6, 6.07) is 2.61. The minimum atomic E-state index is -0.372. The predicted molar refractivity (Wildman–Crippen MR) is 72.4 cm³/mol. The lowest BCUT2D eigenvalue weighted by Gasteiger charge is -2.11. The molecule has 1 unspecified atom stereocenters. The van der Waals surface area contributed by atoms with Crippen LogP contribution in [0.25, 0.3) is 0 Å². The molecule has 2 aromatic heterocycles. The van der Waals surface area contributed by atoms with Gasteiger partial charge in [0.2, 0.25) is 0 Å². The van der Waals surface area contributed by atoms with Gasteiger partial charge in [0.05, 0.1) is 34.3 Å². The Kier molecular flexibility index (Phi) is 4.17. The number of rotatable bonds is 4. The lowest BCUT2D eigenvalue weighted by Crippen LogP contribution is -2.17. The van der Waals surface area contributed by atoms with Crippen LogP contribution in [-0.4, -0.2) is 14.8 Å². The predicted octanol–water partition coefficient (Wildman–Crippen LogP) is 2.41. The number of nitrogens with zero attached hydrogens (tertiary/aromatic N) is 3. The molecular formula is C13H16ClFN4. The molecule has 0 amide bonds. The minimum Gasteiger partial charge on any atom is -0.322 e. The van der Waals surface area contributed by atoms with Crippen LogP contribution in [0.3, 0.4) is 0 Å². The number of aromatic nitrogens is 3. The van der Waals surface area contributed by atoms with E-state index >= 15 is 0 Å². The first-order valence-corrected chi connectivity index (χ1v) is 6.48. The highest BCUT2D eigenvalue weighted by Gasteiger charge is 2.17. The third kappa shape index (κ3) is 2.93. The summed E-state index contributed by atoms with van der Waals surface area (Å²) in [5.41, 5.74) is 8.45. The lowest BCUT2D eigenvalue weighted by atomic mass is 10.1. The van der Waals surface area contributed by atoms with Gasteiger partial charge in [-0.15, -0.1) is 0 Å². The van der Waals surface area contributed by atoms with Crippen molar-refractivity contribution >= 4 is 11.6 Å². The second-order valence-corrected chi connectivity index (χ2v) is 4.77. The van der Waals surface area contributed by atoms with Gasteiger partial charge in [0.1, 0.15) is 5.82 Å². The van der Waals surface area contributed by atoms with Crippen molar-refractivity contribution in [2.24, 2.45) is 12.8 Å². The summed E-state index contributed by atoms with van der Waals surface area (Å²) in [4.78, 5) is 3.99. The van der Waals surface area contributed by atoms with E-state index < -0.39 is 0 Å². The van der Waals surface area contributed by atoms with E-state index in [1.807, 2.05) is 14.0 Å². The smallest absolute Gasteiger partial charge is 0.141 e. The van der Waals surface area contributed by atoms with Crippen molar-refractivity contribution < 1.29 is 4.39 Å². The van der Waals surface area contributed by atoms with Gasteiger partial charge in [-0.1, -0.05) is 18.5 Å². The number of hydrogen-bond acceptors (Lipinski definition) is 3. The zero-order chi connectivity index (χ0) is 14.0. The zero-order valence-electron chi connectivity index (χ0n) is 10.9. The first-order valence-electron chi connectivity index (χ1n) is 6.10. The molecule has 102 valence electrons. The van der Waals surface area contributed by atoms with E-state index in [4.69, 9.17) is 17.3 Å². The third-order valence-corrected chi connectivity index (χ3v) is 3.48. The van der Waals surface area contributed by atoms with Crippen molar-refractivity contribution in [3.8, 4) is 0 Å². The highest BCUT2D eigenvalue weighted by Crippen LogP contribution is 2.24. The molecule has 0 radical (unpaired) electrons. The summed E-state index contributed by atoms with van der Waals surface area (Å²) in [7, 11) is 1.84. The van der Waals surface area contributed by atoms with Crippen molar-refractivity contribution in [2.45, 2.75) is 25.8 Å². The van der Waals surface area contributed by atoms with Crippen LogP contribution < -0.4 is 5.73 Å². The van der Waals surface area contributed by atoms with Gasteiger partial charge in [-0.3, -0.25) is 9.67 Å². The molecule has 2 N–H and O–H groups in total. The second-order valence-electron chi connectivity index (χ2n) is 4.40. The molecule has 4 nitrogen and oxygen atoms in total. The van der Waals surface area contributed by atoms with Crippen LogP contribution in [0.1, 0.15) is 30.0 Å². The fourth-order valence-corrected chi connectivity index (χ4v) is 2.33. The van der Waals surface area contributed by atoms with Gasteiger partial charge in [-0.25, -0.2) is 4.39 Å². The van der Waals surface area contributed by atoms with E-state index in [0.717, 1.165) is 24.0 Å². The maximum absolute atomic E-state index is 12.8. The van der Waals surface area contributed by atoms with Gasteiger partial charge in [0, 0.05) is 13.5 Å². The summed E-state index contributed by atoms with van der Waals surface area (Å²) in [6.07, 6.45) is 2.45. The quantitative estimate of drug-likeness (QED) is 0.937. The number of pyridine rings is 1. The summed E-state index contributed by atoms with van der Waals surface area (Å²) in [5.74, 6) is -0.372. The van der Waals surface area contributed by atoms with Crippen molar-refractivity contribution in [1.29, 1.82) is 0 Å². The van der Waals surface area contributed by atoms with Crippen molar-refractivity contribution in [3.05, 3.63) is 46.3 Å². The molecule has 2 aromatic rings. The molecule has 0 saturated heterocycles. The maximum atomic E-state index is 12.8. The van der Waals surface area contributed by atoms with E-state index in [0.29, 0.717) is 17.1 Å². The normalized spacial score (nSPS) is 12.7. The Labute approximate surface area is 116 Å². The molecule has 1 atom stereocenters. The molecule has 0 aromatic carbocycles. The number of nitrogens with two attached hydrogens (primary N) is 1. The molecule has 0 saturated carbocycles. The van der Waals surface area contributed by atoms with Gasteiger partial charge in [0.15, 0.2) is 0 Å². The Morgan fingerprint density at radius 1 is 1.47 bits per heavy atom. The Bertz CT molecular complexity index is 565. The molecule has 0 spiro atoms. The molecule has 2 rings (SSSR count). The van der Waals surface area contributed by atoms with Gasteiger partial charge in [0.25, 0.3) is 0 Å². The minimum absolute atomic E-state index is 0.335. The lowest BCUT2D eigenvalue weighted by molar-refractivity contribution is 0.602. The zero-order valence-corrected chi connectivity index (χ0v) is 11.7. The van der Waals surface area contributed by atoms with Crippen LogP contribution >= 0.6 is 11.6 Å². The Morgan fingerprint density at radius 2 is 2.21 bits per heavy atom. The van der Waals surface area contributed by atoms with E-state index in [1.54, 1.807) is 10.7 Å². The average molecular weight is 283 g/mol. The van der Waals surface area contributed by atoms with Crippen LogP contribution in [0.4, 0.5) is 4.39 Å². The topological polar surface area (TPSA) is 56.7 Å².